The topological polar surface area (TPSA) is 41.6 Å². The number of hydrogen-bond acceptors (Lipinski definition) is 3. The molecule has 1 aromatic rings. The Labute approximate surface area is 123 Å². The summed E-state index contributed by atoms with van der Waals surface area (Å²) < 4.78 is 18.0. The molecule has 7 heteroatoms. The lowest BCUT2D eigenvalue weighted by molar-refractivity contribution is -0.131. The zero-order chi connectivity index (χ0) is 13.5. The van der Waals surface area contributed by atoms with Crippen LogP contribution in [0.3, 0.4) is 0 Å². The standard InChI is InChI=1S/C12H16ClFN2O2.ClH/c1-15-5-6-16(2)12(17)8-18-11-4-3-9(14)7-10(11)13;/h3-4,7,15H,5-6,8H2,1-2H3;1H. The smallest absolute Gasteiger partial charge is 0.260 e. The maximum atomic E-state index is 12.8. The first kappa shape index (κ1) is 18.0. The molecule has 108 valence electrons. The molecule has 0 bridgehead atoms. The fraction of sp³-hybridized carbons (Fsp3) is 0.417. The maximum absolute atomic E-state index is 12.8. The van der Waals surface area contributed by atoms with Crippen LogP contribution in [0.2, 0.25) is 5.02 Å². The molecule has 0 radical (unpaired) electrons. The predicted octanol–water partition coefficient (Wildman–Crippen LogP) is 1.96. The molecule has 0 fully saturated rings. The fourth-order valence-corrected chi connectivity index (χ4v) is 1.47. The number of likely N-dealkylation sites (N-methyl/N-ethyl adjacent to an activating group) is 2. The van der Waals surface area contributed by atoms with Crippen molar-refractivity contribution in [3.05, 3.63) is 29.0 Å². The van der Waals surface area contributed by atoms with Gasteiger partial charge in [-0.3, -0.25) is 4.79 Å². The molecule has 0 saturated carbocycles. The van der Waals surface area contributed by atoms with Gasteiger partial charge >= 0.3 is 0 Å². The van der Waals surface area contributed by atoms with E-state index >= 15 is 0 Å². The fourth-order valence-electron chi connectivity index (χ4n) is 1.25. The van der Waals surface area contributed by atoms with Crippen LogP contribution in [-0.2, 0) is 4.79 Å². The Balaban J connectivity index is 0.00000324. The van der Waals surface area contributed by atoms with Gasteiger partial charge in [0.15, 0.2) is 6.61 Å². The third kappa shape index (κ3) is 6.09. The van der Waals surface area contributed by atoms with Gasteiger partial charge in [0, 0.05) is 20.1 Å². The third-order valence-electron chi connectivity index (χ3n) is 2.37. The highest BCUT2D eigenvalue weighted by Gasteiger charge is 2.10. The van der Waals surface area contributed by atoms with Gasteiger partial charge < -0.3 is 15.0 Å². The summed E-state index contributed by atoms with van der Waals surface area (Å²) >= 11 is 5.78. The van der Waals surface area contributed by atoms with Crippen LogP contribution in [0.4, 0.5) is 4.39 Å². The maximum Gasteiger partial charge on any atom is 0.260 e. The van der Waals surface area contributed by atoms with E-state index in [-0.39, 0.29) is 29.9 Å². The molecule has 1 amide bonds. The summed E-state index contributed by atoms with van der Waals surface area (Å²) in [6, 6.07) is 3.78. The summed E-state index contributed by atoms with van der Waals surface area (Å²) in [6.07, 6.45) is 0. The van der Waals surface area contributed by atoms with Gasteiger partial charge in [-0.25, -0.2) is 4.39 Å². The molecule has 0 saturated heterocycles. The highest BCUT2D eigenvalue weighted by molar-refractivity contribution is 6.32. The molecule has 19 heavy (non-hydrogen) atoms. The van der Waals surface area contributed by atoms with Gasteiger partial charge in [0.1, 0.15) is 11.6 Å². The Morgan fingerprint density at radius 3 is 2.79 bits per heavy atom. The van der Waals surface area contributed by atoms with Crippen molar-refractivity contribution in [2.75, 3.05) is 33.8 Å². The zero-order valence-corrected chi connectivity index (χ0v) is 12.4. The molecule has 0 aliphatic carbocycles. The van der Waals surface area contributed by atoms with Gasteiger partial charge in [0.05, 0.1) is 5.02 Å². The van der Waals surface area contributed by atoms with Crippen LogP contribution in [0.15, 0.2) is 18.2 Å². The van der Waals surface area contributed by atoms with E-state index in [2.05, 4.69) is 5.32 Å². The molecule has 1 N–H and O–H groups in total. The van der Waals surface area contributed by atoms with Crippen molar-refractivity contribution in [2.24, 2.45) is 0 Å². The summed E-state index contributed by atoms with van der Waals surface area (Å²) in [4.78, 5) is 13.2. The molecule has 0 heterocycles. The molecule has 0 aliphatic rings. The van der Waals surface area contributed by atoms with Gasteiger partial charge in [0.25, 0.3) is 5.91 Å². The Bertz CT molecular complexity index is 419. The van der Waals surface area contributed by atoms with E-state index in [0.717, 1.165) is 6.07 Å². The molecule has 1 rings (SSSR count). The summed E-state index contributed by atoms with van der Waals surface area (Å²) in [5.74, 6) is -0.302. The van der Waals surface area contributed by atoms with Crippen molar-refractivity contribution < 1.29 is 13.9 Å². The Morgan fingerprint density at radius 1 is 1.53 bits per heavy atom. The van der Waals surface area contributed by atoms with E-state index in [4.69, 9.17) is 16.3 Å². The van der Waals surface area contributed by atoms with Gasteiger partial charge in [-0.05, 0) is 25.2 Å². The second-order valence-electron chi connectivity index (χ2n) is 3.78. The highest BCUT2D eigenvalue weighted by Crippen LogP contribution is 2.24. The molecule has 4 nitrogen and oxygen atoms in total. The number of ether oxygens (including phenoxy) is 1. The first-order valence-electron chi connectivity index (χ1n) is 5.51. The van der Waals surface area contributed by atoms with Gasteiger partial charge in [-0.2, -0.15) is 0 Å². The predicted molar refractivity (Wildman–Crippen MR) is 75.7 cm³/mol. The van der Waals surface area contributed by atoms with Gasteiger partial charge in [-0.15, -0.1) is 12.4 Å². The lowest BCUT2D eigenvalue weighted by Gasteiger charge is -2.17. The van der Waals surface area contributed by atoms with Crippen molar-refractivity contribution in [1.82, 2.24) is 10.2 Å². The van der Waals surface area contributed by atoms with Crippen molar-refractivity contribution in [3.8, 4) is 5.75 Å². The zero-order valence-electron chi connectivity index (χ0n) is 10.8. The normalized spacial score (nSPS) is 9.68. The monoisotopic (exact) mass is 310 g/mol. The van der Waals surface area contributed by atoms with E-state index < -0.39 is 5.82 Å². The second kappa shape index (κ2) is 8.96. The second-order valence-corrected chi connectivity index (χ2v) is 4.19. The van der Waals surface area contributed by atoms with E-state index in [9.17, 15) is 9.18 Å². The Morgan fingerprint density at radius 2 is 2.21 bits per heavy atom. The van der Waals surface area contributed by atoms with Gasteiger partial charge in [0.2, 0.25) is 0 Å². The molecule has 0 unspecified atom stereocenters. The molecule has 1 aromatic carbocycles. The lowest BCUT2D eigenvalue weighted by Crippen LogP contribution is -2.35. The van der Waals surface area contributed by atoms with Crippen LogP contribution >= 0.6 is 24.0 Å². The summed E-state index contributed by atoms with van der Waals surface area (Å²) in [7, 11) is 3.50. The quantitative estimate of drug-likeness (QED) is 0.873. The molecule has 0 aromatic heterocycles. The van der Waals surface area contributed by atoms with E-state index in [1.807, 2.05) is 7.05 Å². The summed E-state index contributed by atoms with van der Waals surface area (Å²) in [5.41, 5.74) is 0. The number of carbonyl (C=O) groups is 1. The number of nitrogens with one attached hydrogen (secondary N) is 1. The van der Waals surface area contributed by atoms with Gasteiger partial charge in [-0.1, -0.05) is 11.6 Å². The van der Waals surface area contributed by atoms with E-state index in [1.54, 1.807) is 11.9 Å². The minimum atomic E-state index is -0.440. The van der Waals surface area contributed by atoms with E-state index in [0.29, 0.717) is 18.8 Å². The van der Waals surface area contributed by atoms with Crippen LogP contribution in [0.1, 0.15) is 0 Å². The average Bonchev–Trinajstić information content (AvgIpc) is 2.34. The number of carbonyl (C=O) groups excluding carboxylic acids is 1. The molecular weight excluding hydrogens is 294 g/mol. The van der Waals surface area contributed by atoms with Crippen molar-refractivity contribution >= 4 is 29.9 Å². The van der Waals surface area contributed by atoms with Crippen LogP contribution in [0, 0.1) is 5.82 Å². The lowest BCUT2D eigenvalue weighted by atomic mass is 10.3. The molecule has 0 atom stereocenters. The van der Waals surface area contributed by atoms with Crippen LogP contribution in [-0.4, -0.2) is 44.6 Å². The largest absolute Gasteiger partial charge is 0.482 e. The van der Waals surface area contributed by atoms with Crippen LogP contribution < -0.4 is 10.1 Å². The summed E-state index contributed by atoms with van der Waals surface area (Å²) in [5, 5.41) is 3.10. The molecular formula is C12H17Cl2FN2O2. The minimum Gasteiger partial charge on any atom is -0.482 e. The number of halogens is 3. The highest BCUT2D eigenvalue weighted by atomic mass is 35.5. The average molecular weight is 311 g/mol. The first-order valence-corrected chi connectivity index (χ1v) is 5.89. The molecule has 0 spiro atoms. The van der Waals surface area contributed by atoms with Crippen molar-refractivity contribution in [1.29, 1.82) is 0 Å². The molecule has 0 aliphatic heterocycles. The number of benzene rings is 1. The van der Waals surface area contributed by atoms with Crippen LogP contribution in [0.5, 0.6) is 5.75 Å². The van der Waals surface area contributed by atoms with Crippen molar-refractivity contribution in [2.45, 2.75) is 0 Å². The summed E-state index contributed by atoms with van der Waals surface area (Å²) in [6.45, 7) is 1.18. The number of nitrogens with zero attached hydrogens (tertiary/aromatic N) is 1. The minimum absolute atomic E-state index is 0. The SMILES string of the molecule is CNCCN(C)C(=O)COc1ccc(F)cc1Cl.Cl. The van der Waals surface area contributed by atoms with E-state index in [1.165, 1.54) is 12.1 Å². The van der Waals surface area contributed by atoms with Crippen LogP contribution in [0.25, 0.3) is 0 Å². The first-order chi connectivity index (χ1) is 8.54. The Hall–Kier alpha value is -1.04. The Kier molecular flexibility index (Phi) is 8.47. The third-order valence-corrected chi connectivity index (χ3v) is 2.66. The van der Waals surface area contributed by atoms with Crippen molar-refractivity contribution in [3.63, 3.8) is 0 Å². The number of hydrogen-bond donors (Lipinski definition) is 1. The number of rotatable bonds is 6. The number of amides is 1.